The van der Waals surface area contributed by atoms with E-state index in [1.54, 1.807) is 17.3 Å². The van der Waals surface area contributed by atoms with E-state index in [1.165, 1.54) is 17.5 Å². The van der Waals surface area contributed by atoms with Gasteiger partial charge in [0.1, 0.15) is 0 Å². The minimum absolute atomic E-state index is 0.0847. The first-order chi connectivity index (χ1) is 11.4. The summed E-state index contributed by atoms with van der Waals surface area (Å²) in [6.45, 7) is 6.11. The molecule has 1 heterocycles. The standard InChI is InChI=1S/C18H28N2O3S/c1-14-12-19(13-15(2)21)9-10-20(14)24(22,23)18-8-7-16-5-3-4-6-17(16)11-18/h7-8,11,14-15,21H,3-6,9-10,12-13H2,1-2H3/t14-,15+/m1/s1. The van der Waals surface area contributed by atoms with E-state index in [0.717, 1.165) is 19.3 Å². The zero-order chi connectivity index (χ0) is 17.3. The van der Waals surface area contributed by atoms with Gasteiger partial charge in [0.15, 0.2) is 0 Å². The molecule has 0 amide bonds. The number of aliphatic hydroxyl groups excluding tert-OH is 1. The van der Waals surface area contributed by atoms with Crippen LogP contribution in [0.25, 0.3) is 0 Å². The number of hydrogen-bond acceptors (Lipinski definition) is 4. The molecule has 2 atom stereocenters. The topological polar surface area (TPSA) is 60.9 Å². The molecule has 1 saturated heterocycles. The Hall–Kier alpha value is -0.950. The summed E-state index contributed by atoms with van der Waals surface area (Å²) in [6, 6.07) is 5.57. The molecule has 0 unspecified atom stereocenters. The molecule has 1 aromatic rings. The van der Waals surface area contributed by atoms with Crippen LogP contribution >= 0.6 is 0 Å². The molecule has 0 radical (unpaired) electrons. The minimum Gasteiger partial charge on any atom is -0.392 e. The molecular formula is C18H28N2O3S. The lowest BCUT2D eigenvalue weighted by Crippen LogP contribution is -2.54. The van der Waals surface area contributed by atoms with E-state index in [9.17, 15) is 13.5 Å². The largest absolute Gasteiger partial charge is 0.392 e. The number of rotatable bonds is 4. The van der Waals surface area contributed by atoms with Gasteiger partial charge in [-0.05, 0) is 62.8 Å². The molecular weight excluding hydrogens is 324 g/mol. The third-order valence-corrected chi connectivity index (χ3v) is 7.11. The van der Waals surface area contributed by atoms with Crippen molar-refractivity contribution in [2.45, 2.75) is 56.6 Å². The lowest BCUT2D eigenvalue weighted by atomic mass is 9.92. The minimum atomic E-state index is -3.45. The van der Waals surface area contributed by atoms with Crippen molar-refractivity contribution in [1.29, 1.82) is 0 Å². The van der Waals surface area contributed by atoms with Crippen LogP contribution in [0, 0.1) is 0 Å². The summed E-state index contributed by atoms with van der Waals surface area (Å²) in [6.07, 6.45) is 3.99. The number of benzene rings is 1. The average molecular weight is 353 g/mol. The van der Waals surface area contributed by atoms with E-state index >= 15 is 0 Å². The molecule has 1 aliphatic heterocycles. The Morgan fingerprint density at radius 3 is 2.58 bits per heavy atom. The van der Waals surface area contributed by atoms with Crippen molar-refractivity contribution in [2.24, 2.45) is 0 Å². The number of sulfonamides is 1. The van der Waals surface area contributed by atoms with Gasteiger partial charge in [-0.15, -0.1) is 0 Å². The van der Waals surface area contributed by atoms with E-state index in [4.69, 9.17) is 0 Å². The van der Waals surface area contributed by atoms with Gasteiger partial charge in [0.25, 0.3) is 0 Å². The highest BCUT2D eigenvalue weighted by Crippen LogP contribution is 2.27. The summed E-state index contributed by atoms with van der Waals surface area (Å²) in [5.74, 6) is 0. The zero-order valence-electron chi connectivity index (χ0n) is 14.6. The van der Waals surface area contributed by atoms with Crippen LogP contribution in [-0.4, -0.2) is 61.1 Å². The van der Waals surface area contributed by atoms with Gasteiger partial charge in [0.2, 0.25) is 10.0 Å². The van der Waals surface area contributed by atoms with Crippen LogP contribution < -0.4 is 0 Å². The first kappa shape index (κ1) is 17.9. The number of piperazine rings is 1. The molecule has 1 aliphatic carbocycles. The normalized spacial score (nSPS) is 24.5. The summed E-state index contributed by atoms with van der Waals surface area (Å²) in [5.41, 5.74) is 2.50. The molecule has 1 N–H and O–H groups in total. The fourth-order valence-electron chi connectivity index (χ4n) is 3.92. The van der Waals surface area contributed by atoms with Crippen molar-refractivity contribution in [2.75, 3.05) is 26.2 Å². The fourth-order valence-corrected chi connectivity index (χ4v) is 5.58. The van der Waals surface area contributed by atoms with Crippen molar-refractivity contribution < 1.29 is 13.5 Å². The van der Waals surface area contributed by atoms with Crippen LogP contribution in [0.3, 0.4) is 0 Å². The maximum Gasteiger partial charge on any atom is 0.243 e. The number of β-amino-alcohol motifs (C(OH)–C–C–N with tert-alkyl or cyclic N) is 1. The molecule has 0 spiro atoms. The molecule has 0 saturated carbocycles. The number of aryl methyl sites for hydroxylation is 2. The van der Waals surface area contributed by atoms with E-state index in [-0.39, 0.29) is 12.1 Å². The highest BCUT2D eigenvalue weighted by molar-refractivity contribution is 7.89. The Labute approximate surface area is 145 Å². The van der Waals surface area contributed by atoms with Crippen LogP contribution in [0.1, 0.15) is 37.8 Å². The van der Waals surface area contributed by atoms with Crippen molar-refractivity contribution in [3.8, 4) is 0 Å². The van der Waals surface area contributed by atoms with Crippen molar-refractivity contribution in [3.63, 3.8) is 0 Å². The first-order valence-electron chi connectivity index (χ1n) is 8.92. The molecule has 5 nitrogen and oxygen atoms in total. The molecule has 0 bridgehead atoms. The van der Waals surface area contributed by atoms with Crippen LogP contribution in [0.4, 0.5) is 0 Å². The lowest BCUT2D eigenvalue weighted by Gasteiger charge is -2.39. The fraction of sp³-hybridized carbons (Fsp3) is 0.667. The van der Waals surface area contributed by atoms with E-state index in [1.807, 2.05) is 19.1 Å². The van der Waals surface area contributed by atoms with Gasteiger partial charge in [-0.1, -0.05) is 6.07 Å². The van der Waals surface area contributed by atoms with Crippen molar-refractivity contribution in [3.05, 3.63) is 29.3 Å². The molecule has 24 heavy (non-hydrogen) atoms. The summed E-state index contributed by atoms with van der Waals surface area (Å²) < 4.78 is 27.8. The molecule has 3 rings (SSSR count). The molecule has 6 heteroatoms. The highest BCUT2D eigenvalue weighted by atomic mass is 32.2. The van der Waals surface area contributed by atoms with Crippen LogP contribution in [-0.2, 0) is 22.9 Å². The van der Waals surface area contributed by atoms with Gasteiger partial charge < -0.3 is 5.11 Å². The van der Waals surface area contributed by atoms with Gasteiger partial charge >= 0.3 is 0 Å². The Morgan fingerprint density at radius 2 is 1.92 bits per heavy atom. The summed E-state index contributed by atoms with van der Waals surface area (Å²) in [7, 11) is -3.45. The van der Waals surface area contributed by atoms with Gasteiger partial charge in [0, 0.05) is 32.2 Å². The van der Waals surface area contributed by atoms with Gasteiger partial charge in [-0.2, -0.15) is 4.31 Å². The van der Waals surface area contributed by atoms with E-state index in [2.05, 4.69) is 4.90 Å². The van der Waals surface area contributed by atoms with Crippen LogP contribution in [0.15, 0.2) is 23.1 Å². The number of fused-ring (bicyclic) bond motifs is 1. The molecule has 2 aliphatic rings. The zero-order valence-corrected chi connectivity index (χ0v) is 15.4. The summed E-state index contributed by atoms with van der Waals surface area (Å²) >= 11 is 0. The smallest absolute Gasteiger partial charge is 0.243 e. The number of nitrogens with zero attached hydrogens (tertiary/aromatic N) is 2. The third kappa shape index (κ3) is 3.67. The van der Waals surface area contributed by atoms with Gasteiger partial charge in [0.05, 0.1) is 11.0 Å². The second-order valence-electron chi connectivity index (χ2n) is 7.21. The van der Waals surface area contributed by atoms with Gasteiger partial charge in [-0.25, -0.2) is 8.42 Å². The first-order valence-corrected chi connectivity index (χ1v) is 10.4. The molecule has 1 fully saturated rings. The average Bonchev–Trinajstić information content (AvgIpc) is 2.53. The summed E-state index contributed by atoms with van der Waals surface area (Å²) in [4.78, 5) is 2.56. The second kappa shape index (κ2) is 7.12. The molecule has 0 aromatic heterocycles. The van der Waals surface area contributed by atoms with Crippen molar-refractivity contribution in [1.82, 2.24) is 9.21 Å². The maximum atomic E-state index is 13.1. The molecule has 1 aromatic carbocycles. The second-order valence-corrected chi connectivity index (χ2v) is 9.10. The van der Waals surface area contributed by atoms with Crippen molar-refractivity contribution >= 4 is 10.0 Å². The Kier molecular flexibility index (Phi) is 5.30. The van der Waals surface area contributed by atoms with Gasteiger partial charge in [-0.3, -0.25) is 4.90 Å². The predicted molar refractivity (Wildman–Crippen MR) is 94.6 cm³/mol. The summed E-state index contributed by atoms with van der Waals surface area (Å²) in [5, 5.41) is 9.53. The number of hydrogen-bond donors (Lipinski definition) is 1. The Balaban J connectivity index is 1.78. The lowest BCUT2D eigenvalue weighted by molar-refractivity contribution is 0.0840. The predicted octanol–water partition coefficient (Wildman–Crippen LogP) is 1.64. The van der Waals surface area contributed by atoms with Crippen LogP contribution in [0.5, 0.6) is 0 Å². The van der Waals surface area contributed by atoms with Crippen LogP contribution in [0.2, 0.25) is 0 Å². The Morgan fingerprint density at radius 1 is 1.21 bits per heavy atom. The molecule has 134 valence electrons. The third-order valence-electron chi connectivity index (χ3n) is 5.10. The Bertz CT molecular complexity index is 688. The monoisotopic (exact) mass is 352 g/mol. The maximum absolute atomic E-state index is 13.1. The quantitative estimate of drug-likeness (QED) is 0.895. The number of aliphatic hydroxyl groups is 1. The van der Waals surface area contributed by atoms with E-state index in [0.29, 0.717) is 31.1 Å². The van der Waals surface area contributed by atoms with E-state index < -0.39 is 10.0 Å². The SMILES string of the molecule is C[C@H](O)CN1CCN(S(=O)(=O)c2ccc3c(c2)CCCC3)[C@H](C)C1. The highest BCUT2D eigenvalue weighted by Gasteiger charge is 2.34.